The van der Waals surface area contributed by atoms with E-state index >= 15 is 0 Å². The van der Waals surface area contributed by atoms with Crippen LogP contribution in [0.1, 0.15) is 65.5 Å². The van der Waals surface area contributed by atoms with Gasteiger partial charge in [-0.25, -0.2) is 0 Å². The third kappa shape index (κ3) is 3.48. The molecule has 0 aliphatic carbocycles. The monoisotopic (exact) mass is 259 g/mol. The van der Waals surface area contributed by atoms with Gasteiger partial charge in [0, 0.05) is 11.0 Å². The Balaban J connectivity index is 3.35. The summed E-state index contributed by atoms with van der Waals surface area (Å²) < 4.78 is 0. The van der Waals surface area contributed by atoms with Crippen LogP contribution < -0.4 is 5.73 Å². The number of hydrogen-bond acceptors (Lipinski definition) is 1. The minimum Gasteiger partial charge on any atom is -0.325 e. The minimum atomic E-state index is -0.256. The largest absolute Gasteiger partial charge is 0.325 e. The topological polar surface area (TPSA) is 26.0 Å². The Kier molecular flexibility index (Phi) is 4.63. The molecule has 1 rings (SSSR count). The zero-order valence-electron chi connectivity index (χ0n) is 13.5. The van der Waals surface area contributed by atoms with Crippen molar-refractivity contribution in [3.63, 3.8) is 0 Å². The molecule has 1 atom stereocenters. The summed E-state index contributed by atoms with van der Waals surface area (Å²) >= 11 is 0. The number of nitrogens with two attached hydrogens (primary N) is 1. The van der Waals surface area contributed by atoms with Crippen molar-refractivity contribution in [2.24, 2.45) is 5.73 Å². The lowest BCUT2D eigenvalue weighted by molar-refractivity contribution is 0.304. The molecule has 0 fully saturated rings. The number of hydrogen-bond donors (Lipinski definition) is 1. The van der Waals surface area contributed by atoms with Crippen LogP contribution in [0.25, 0.3) is 0 Å². The first-order valence-corrected chi connectivity index (χ1v) is 7.10. The number of rotatable bonds is 4. The summed E-state index contributed by atoms with van der Waals surface area (Å²) in [7, 11) is 0. The summed E-state index contributed by atoms with van der Waals surface area (Å²) in [5.41, 5.74) is 10.2. The predicted octanol–water partition coefficient (Wildman–Crippen LogP) is 4.77. The summed E-state index contributed by atoms with van der Waals surface area (Å²) in [6, 6.07) is 8.68. The molecule has 19 heavy (non-hydrogen) atoms. The van der Waals surface area contributed by atoms with Crippen molar-refractivity contribution in [2.45, 2.75) is 65.3 Å². The van der Waals surface area contributed by atoms with Crippen LogP contribution in [0.15, 0.2) is 35.9 Å². The molecule has 0 saturated carbocycles. The van der Waals surface area contributed by atoms with E-state index in [2.05, 4.69) is 78.8 Å². The van der Waals surface area contributed by atoms with Crippen molar-refractivity contribution in [1.29, 1.82) is 0 Å². The van der Waals surface area contributed by atoms with E-state index in [9.17, 15) is 0 Å². The molecule has 1 nitrogen and oxygen atoms in total. The van der Waals surface area contributed by atoms with Gasteiger partial charge in [0.2, 0.25) is 0 Å². The minimum absolute atomic E-state index is 0.0622. The van der Waals surface area contributed by atoms with Gasteiger partial charge in [-0.3, -0.25) is 0 Å². The van der Waals surface area contributed by atoms with Crippen molar-refractivity contribution in [3.05, 3.63) is 47.0 Å². The van der Waals surface area contributed by atoms with Crippen LogP contribution >= 0.6 is 0 Å². The Morgan fingerprint density at radius 1 is 1.11 bits per heavy atom. The van der Waals surface area contributed by atoms with Gasteiger partial charge < -0.3 is 5.73 Å². The standard InChI is InChI=1S/C18H29N/c1-13(2)12-14(3)15-10-8-9-11-16(15)17(4,5)18(6,7)19/h8-12,14H,19H2,1-7H3. The second-order valence-corrected chi connectivity index (χ2v) is 6.97. The second kappa shape index (κ2) is 5.50. The fourth-order valence-electron chi connectivity index (χ4n) is 2.40. The van der Waals surface area contributed by atoms with E-state index in [-0.39, 0.29) is 11.0 Å². The van der Waals surface area contributed by atoms with Crippen molar-refractivity contribution in [1.82, 2.24) is 0 Å². The molecule has 0 spiro atoms. The highest BCUT2D eigenvalue weighted by Crippen LogP contribution is 2.37. The lowest BCUT2D eigenvalue weighted by atomic mass is 9.68. The van der Waals surface area contributed by atoms with Gasteiger partial charge in [-0.1, -0.05) is 56.7 Å². The van der Waals surface area contributed by atoms with Crippen LogP contribution in [0.2, 0.25) is 0 Å². The van der Waals surface area contributed by atoms with E-state index in [0.29, 0.717) is 5.92 Å². The Morgan fingerprint density at radius 3 is 2.11 bits per heavy atom. The van der Waals surface area contributed by atoms with E-state index in [1.165, 1.54) is 16.7 Å². The average molecular weight is 259 g/mol. The molecule has 0 heterocycles. The van der Waals surface area contributed by atoms with E-state index < -0.39 is 0 Å². The third-order valence-corrected chi connectivity index (χ3v) is 4.32. The Labute approximate surface area is 118 Å². The summed E-state index contributed by atoms with van der Waals surface area (Å²) in [6.07, 6.45) is 2.32. The van der Waals surface area contributed by atoms with Gasteiger partial charge in [0.1, 0.15) is 0 Å². The molecule has 0 radical (unpaired) electrons. The van der Waals surface area contributed by atoms with Gasteiger partial charge in [-0.05, 0) is 44.7 Å². The summed E-state index contributed by atoms with van der Waals surface area (Å²) in [5.74, 6) is 0.419. The van der Waals surface area contributed by atoms with E-state index in [1.54, 1.807) is 0 Å². The Bertz CT molecular complexity index is 457. The summed E-state index contributed by atoms with van der Waals surface area (Å²) in [5, 5.41) is 0. The number of allylic oxidation sites excluding steroid dienone is 2. The van der Waals surface area contributed by atoms with Crippen molar-refractivity contribution >= 4 is 0 Å². The SMILES string of the molecule is CC(C)=CC(C)c1ccccc1C(C)(C)C(C)(C)N. The van der Waals surface area contributed by atoms with Gasteiger partial charge in [-0.15, -0.1) is 0 Å². The predicted molar refractivity (Wildman–Crippen MR) is 85.6 cm³/mol. The summed E-state index contributed by atoms with van der Waals surface area (Å²) in [4.78, 5) is 0. The van der Waals surface area contributed by atoms with E-state index in [0.717, 1.165) is 0 Å². The second-order valence-electron chi connectivity index (χ2n) is 6.97. The molecule has 0 aromatic heterocycles. The Hall–Kier alpha value is -1.08. The first kappa shape index (κ1) is 16.0. The van der Waals surface area contributed by atoms with Crippen LogP contribution in [0.3, 0.4) is 0 Å². The van der Waals surface area contributed by atoms with Crippen molar-refractivity contribution in [2.75, 3.05) is 0 Å². The van der Waals surface area contributed by atoms with Crippen LogP contribution in [0.5, 0.6) is 0 Å². The fraction of sp³-hybridized carbons (Fsp3) is 0.556. The molecule has 0 amide bonds. The first-order valence-electron chi connectivity index (χ1n) is 7.10. The molecule has 0 aliphatic rings. The number of benzene rings is 1. The molecule has 0 aliphatic heterocycles. The molecule has 1 aromatic rings. The molecule has 106 valence electrons. The smallest absolute Gasteiger partial charge is 0.0189 e. The lowest BCUT2D eigenvalue weighted by Crippen LogP contribution is -2.50. The van der Waals surface area contributed by atoms with E-state index in [4.69, 9.17) is 5.73 Å². The van der Waals surface area contributed by atoms with Gasteiger partial charge in [0.25, 0.3) is 0 Å². The van der Waals surface area contributed by atoms with Gasteiger partial charge in [0.15, 0.2) is 0 Å². The molecular weight excluding hydrogens is 230 g/mol. The molecule has 0 bridgehead atoms. The zero-order valence-corrected chi connectivity index (χ0v) is 13.5. The fourth-order valence-corrected chi connectivity index (χ4v) is 2.40. The molecule has 2 N–H and O–H groups in total. The van der Waals surface area contributed by atoms with E-state index in [1.807, 2.05) is 0 Å². The quantitative estimate of drug-likeness (QED) is 0.774. The normalized spacial score (nSPS) is 14.1. The van der Waals surface area contributed by atoms with Crippen molar-refractivity contribution in [3.8, 4) is 0 Å². The maximum absolute atomic E-state index is 6.40. The lowest BCUT2D eigenvalue weighted by Gasteiger charge is -2.41. The van der Waals surface area contributed by atoms with Crippen molar-refractivity contribution < 1.29 is 0 Å². The molecule has 1 heteroatoms. The molecular formula is C18H29N. The van der Waals surface area contributed by atoms with Gasteiger partial charge >= 0.3 is 0 Å². The van der Waals surface area contributed by atoms with Gasteiger partial charge in [-0.2, -0.15) is 0 Å². The maximum Gasteiger partial charge on any atom is 0.0189 e. The maximum atomic E-state index is 6.40. The van der Waals surface area contributed by atoms with Crippen LogP contribution in [0, 0.1) is 0 Å². The molecule has 1 unspecified atom stereocenters. The highest BCUT2D eigenvalue weighted by molar-refractivity contribution is 5.40. The highest BCUT2D eigenvalue weighted by Gasteiger charge is 2.36. The van der Waals surface area contributed by atoms with Crippen LogP contribution in [-0.4, -0.2) is 5.54 Å². The van der Waals surface area contributed by atoms with Crippen LogP contribution in [0.4, 0.5) is 0 Å². The summed E-state index contributed by atoms with van der Waals surface area (Å²) in [6.45, 7) is 15.2. The molecule has 0 saturated heterocycles. The first-order chi connectivity index (χ1) is 8.57. The average Bonchev–Trinajstić information content (AvgIpc) is 2.26. The van der Waals surface area contributed by atoms with Gasteiger partial charge in [0.05, 0.1) is 0 Å². The highest BCUT2D eigenvalue weighted by atomic mass is 14.8. The Morgan fingerprint density at radius 2 is 1.63 bits per heavy atom. The molecule has 1 aromatic carbocycles. The zero-order chi connectivity index (χ0) is 14.8. The third-order valence-electron chi connectivity index (χ3n) is 4.32. The van der Waals surface area contributed by atoms with Crippen LogP contribution in [-0.2, 0) is 5.41 Å².